The number of nitrogens with one attached hydrogen (secondary N) is 4. The molecular weight excluding hydrogens is 612 g/mol. The summed E-state index contributed by atoms with van der Waals surface area (Å²) >= 11 is 0. The normalized spacial score (nSPS) is 13.9. The van der Waals surface area contributed by atoms with Crippen LogP contribution in [0.1, 0.15) is 37.7 Å². The fraction of sp³-hybridized carbons (Fsp3) is 0.481. The van der Waals surface area contributed by atoms with E-state index in [4.69, 9.17) is 27.4 Å². The number of nitrogens with two attached hydrogens (primary N) is 3. The Morgan fingerprint density at radius 2 is 1.26 bits per heavy atom. The Hall–Kier alpha value is -5.30. The van der Waals surface area contributed by atoms with Crippen LogP contribution < -0.4 is 38.5 Å². The van der Waals surface area contributed by atoms with Gasteiger partial charge in [0.1, 0.15) is 24.2 Å². The molecule has 0 aliphatic rings. The number of carbonyl (C=O) groups excluding carboxylic acids is 4. The number of guanidine groups is 1. The highest BCUT2D eigenvalue weighted by molar-refractivity contribution is 5.96. The lowest BCUT2D eigenvalue weighted by Gasteiger charge is -2.26. The first kappa shape index (κ1) is 38.7. The van der Waals surface area contributed by atoms with Crippen molar-refractivity contribution >= 4 is 47.5 Å². The Kier molecular flexibility index (Phi) is 16.7. The molecule has 19 heteroatoms. The first-order chi connectivity index (χ1) is 21.6. The minimum atomic E-state index is -1.81. The van der Waals surface area contributed by atoms with Crippen molar-refractivity contribution in [1.82, 2.24) is 21.3 Å². The number of amides is 4. The molecule has 0 bridgehead atoms. The van der Waals surface area contributed by atoms with Gasteiger partial charge in [0, 0.05) is 19.4 Å². The van der Waals surface area contributed by atoms with E-state index in [0.717, 1.165) is 0 Å². The van der Waals surface area contributed by atoms with Crippen molar-refractivity contribution in [3.05, 3.63) is 35.9 Å². The molecule has 0 spiro atoms. The number of carboxylic acid groups (broad SMARTS) is 3. The summed E-state index contributed by atoms with van der Waals surface area (Å²) in [6.45, 7) is -0.894. The van der Waals surface area contributed by atoms with E-state index in [0.29, 0.717) is 5.56 Å². The smallest absolute Gasteiger partial charge is 0.326 e. The van der Waals surface area contributed by atoms with Gasteiger partial charge >= 0.3 is 17.9 Å². The monoisotopic (exact) mass is 652 g/mol. The van der Waals surface area contributed by atoms with Crippen molar-refractivity contribution in [2.75, 3.05) is 13.2 Å². The van der Waals surface area contributed by atoms with Gasteiger partial charge in [0.2, 0.25) is 23.6 Å². The van der Waals surface area contributed by atoms with Crippen molar-refractivity contribution in [3.8, 4) is 0 Å². The molecule has 0 radical (unpaired) electrons. The van der Waals surface area contributed by atoms with E-state index >= 15 is 0 Å². The molecule has 0 saturated heterocycles. The average molecular weight is 653 g/mol. The molecule has 4 amide bonds. The zero-order valence-electron chi connectivity index (χ0n) is 24.8. The molecule has 0 heterocycles. The first-order valence-corrected chi connectivity index (χ1v) is 14.0. The van der Waals surface area contributed by atoms with Gasteiger partial charge in [-0.25, -0.2) is 4.79 Å². The highest BCUT2D eigenvalue weighted by Gasteiger charge is 2.32. The molecule has 0 aromatic heterocycles. The zero-order chi connectivity index (χ0) is 34.8. The van der Waals surface area contributed by atoms with E-state index in [1.165, 1.54) is 0 Å². The molecule has 5 atom stereocenters. The van der Waals surface area contributed by atoms with Crippen LogP contribution in [0, 0.1) is 0 Å². The maximum Gasteiger partial charge on any atom is 0.326 e. The van der Waals surface area contributed by atoms with E-state index in [-0.39, 0.29) is 38.2 Å². The fourth-order valence-corrected chi connectivity index (χ4v) is 3.91. The third-order valence-corrected chi connectivity index (χ3v) is 6.31. The summed E-state index contributed by atoms with van der Waals surface area (Å²) in [7, 11) is 0. The Labute approximate surface area is 263 Å². The molecule has 1 aromatic rings. The molecule has 0 aliphatic heterocycles. The zero-order valence-corrected chi connectivity index (χ0v) is 24.8. The second-order valence-corrected chi connectivity index (χ2v) is 10.0. The van der Waals surface area contributed by atoms with Gasteiger partial charge in [0.25, 0.3) is 0 Å². The van der Waals surface area contributed by atoms with Crippen molar-refractivity contribution in [2.24, 2.45) is 22.2 Å². The van der Waals surface area contributed by atoms with Gasteiger partial charge in [0.05, 0.1) is 19.1 Å². The summed E-state index contributed by atoms with van der Waals surface area (Å²) in [4.78, 5) is 89.2. The number of benzene rings is 1. The number of aliphatic hydroxyl groups excluding tert-OH is 1. The number of rotatable bonds is 21. The minimum absolute atomic E-state index is 0.0317. The largest absolute Gasteiger partial charge is 0.481 e. The van der Waals surface area contributed by atoms with E-state index in [1.54, 1.807) is 30.3 Å². The van der Waals surface area contributed by atoms with Gasteiger partial charge in [-0.15, -0.1) is 0 Å². The second kappa shape index (κ2) is 19.9. The number of carbonyl (C=O) groups is 7. The fourth-order valence-electron chi connectivity index (χ4n) is 3.91. The highest BCUT2D eigenvalue weighted by atomic mass is 16.4. The summed E-state index contributed by atoms with van der Waals surface area (Å²) in [5, 5.41) is 46.0. The molecule has 19 nitrogen and oxygen atoms in total. The lowest BCUT2D eigenvalue weighted by atomic mass is 10.0. The predicted octanol–water partition coefficient (Wildman–Crippen LogP) is -4.03. The summed E-state index contributed by atoms with van der Waals surface area (Å²) in [6.07, 6.45) is -1.77. The van der Waals surface area contributed by atoms with Crippen molar-refractivity contribution in [1.29, 1.82) is 0 Å². The highest BCUT2D eigenvalue weighted by Crippen LogP contribution is 2.07. The molecule has 0 fully saturated rings. The maximum atomic E-state index is 13.5. The Balaban J connectivity index is 3.22. The summed E-state index contributed by atoms with van der Waals surface area (Å²) < 4.78 is 0. The van der Waals surface area contributed by atoms with Gasteiger partial charge < -0.3 is 58.9 Å². The van der Waals surface area contributed by atoms with Crippen molar-refractivity contribution in [2.45, 2.75) is 68.7 Å². The van der Waals surface area contributed by atoms with Crippen LogP contribution in [0.5, 0.6) is 0 Å². The Bertz CT molecular complexity index is 1260. The minimum Gasteiger partial charge on any atom is -0.481 e. The molecule has 1 rings (SSSR count). The standard InChI is InChI=1S/C27H40N8O11/c28-15(8-9-20(37)38)22(41)35-19(13-36)25(44)32-16(7-4-10-31-27(29)30)23(42)33-17(11-14-5-2-1-3-6-14)24(43)34-18(26(45)46)12-21(39)40/h1-3,5-6,15-19,36H,4,7-13,28H2,(H,32,44)(H,33,42)(H,34,43)(H,35,41)(H,37,38)(H,39,40)(H,45,46)(H4,29,30,31)/t15-,16-,17-,18-,19-/m0/s1. The van der Waals surface area contributed by atoms with Crippen LogP contribution >= 0.6 is 0 Å². The number of aliphatic carboxylic acids is 3. The molecule has 0 aliphatic carbocycles. The predicted molar refractivity (Wildman–Crippen MR) is 160 cm³/mol. The van der Waals surface area contributed by atoms with Crippen LogP contribution in [0.15, 0.2) is 35.3 Å². The number of aliphatic imine (C=N–C) groups is 1. The topological polar surface area (TPSA) is 339 Å². The summed E-state index contributed by atoms with van der Waals surface area (Å²) in [5.74, 6) is -8.46. The third-order valence-electron chi connectivity index (χ3n) is 6.31. The van der Waals surface area contributed by atoms with E-state index < -0.39 is 91.2 Å². The lowest BCUT2D eigenvalue weighted by Crippen LogP contribution is -2.59. The quantitative estimate of drug-likeness (QED) is 0.0342. The molecule has 14 N–H and O–H groups in total. The van der Waals surface area contributed by atoms with Crippen molar-refractivity contribution < 1.29 is 54.0 Å². The summed E-state index contributed by atoms with van der Waals surface area (Å²) in [6, 6.07) is 0.674. The Morgan fingerprint density at radius 1 is 0.717 bits per heavy atom. The van der Waals surface area contributed by atoms with E-state index in [2.05, 4.69) is 26.3 Å². The van der Waals surface area contributed by atoms with Crippen LogP contribution in [0.4, 0.5) is 0 Å². The SMILES string of the molecule is NC(N)=NCCC[C@H](NC(=O)[C@H](CO)NC(=O)[C@@H](N)CCC(=O)O)C(=O)N[C@@H](Cc1ccccc1)C(=O)N[C@@H](CC(=O)O)C(=O)O. The van der Waals surface area contributed by atoms with Crippen LogP contribution in [0.25, 0.3) is 0 Å². The number of carboxylic acids is 3. The van der Waals surface area contributed by atoms with Crippen LogP contribution in [0.3, 0.4) is 0 Å². The van der Waals surface area contributed by atoms with E-state index in [9.17, 15) is 43.8 Å². The van der Waals surface area contributed by atoms with Gasteiger partial charge in [-0.3, -0.25) is 33.8 Å². The number of nitrogens with zero attached hydrogens (tertiary/aromatic N) is 1. The Morgan fingerprint density at radius 3 is 1.80 bits per heavy atom. The number of hydrogen-bond acceptors (Lipinski definition) is 10. The van der Waals surface area contributed by atoms with Gasteiger partial charge in [-0.2, -0.15) is 0 Å². The lowest BCUT2D eigenvalue weighted by molar-refractivity contribution is -0.147. The van der Waals surface area contributed by atoms with Crippen LogP contribution in [0.2, 0.25) is 0 Å². The van der Waals surface area contributed by atoms with Crippen LogP contribution in [-0.2, 0) is 40.0 Å². The van der Waals surface area contributed by atoms with Gasteiger partial charge in [0.15, 0.2) is 5.96 Å². The maximum absolute atomic E-state index is 13.5. The molecule has 1 aromatic carbocycles. The number of hydrogen-bond donors (Lipinski definition) is 11. The molecule has 46 heavy (non-hydrogen) atoms. The summed E-state index contributed by atoms with van der Waals surface area (Å²) in [5.41, 5.74) is 16.9. The molecule has 0 unspecified atom stereocenters. The third kappa shape index (κ3) is 14.9. The number of aliphatic hydroxyl groups is 1. The van der Waals surface area contributed by atoms with E-state index in [1.807, 2.05) is 0 Å². The average Bonchev–Trinajstić information content (AvgIpc) is 2.99. The van der Waals surface area contributed by atoms with Gasteiger partial charge in [-0.1, -0.05) is 30.3 Å². The van der Waals surface area contributed by atoms with Crippen molar-refractivity contribution in [3.63, 3.8) is 0 Å². The molecular formula is C27H40N8O11. The molecule has 254 valence electrons. The first-order valence-electron chi connectivity index (χ1n) is 14.0. The van der Waals surface area contributed by atoms with Crippen LogP contribution in [-0.4, -0.2) is 111 Å². The van der Waals surface area contributed by atoms with Gasteiger partial charge in [-0.05, 0) is 24.8 Å². The second-order valence-electron chi connectivity index (χ2n) is 10.0. The molecule has 0 saturated carbocycles.